The van der Waals surface area contributed by atoms with E-state index in [-0.39, 0.29) is 29.8 Å². The lowest BCUT2D eigenvalue weighted by Gasteiger charge is -2.29. The molecule has 4 amide bonds. The lowest BCUT2D eigenvalue weighted by molar-refractivity contribution is -0.192. The number of alkyl halides is 3. The summed E-state index contributed by atoms with van der Waals surface area (Å²) in [5.74, 6) is -3.11. The van der Waals surface area contributed by atoms with Gasteiger partial charge in [0.05, 0.1) is 30.3 Å². The van der Waals surface area contributed by atoms with Crippen molar-refractivity contribution in [1.82, 2.24) is 40.1 Å². The smallest absolute Gasteiger partial charge is 0.475 e. The number of aliphatic carboxylic acids is 1. The molecular formula is C25H23F3N8O6. The standard InChI is InChI=1S/C23H22N8O4.C2HF3O2/c32-20-6-5-18(22(34)26-20)30-11-13-3-4-14(8-16(13)23(30)35)31-12-17(27-28-31)21(33)25-10-15-9-24-19-2-1-7-29(15)19;3-2(4,5)1(6)7/h3-4,8-9,12,18H,1-2,5-7,10-11H2,(H,25,33)(H,26,32,34);(H,6,7). The second kappa shape index (κ2) is 11.1. The van der Waals surface area contributed by atoms with Gasteiger partial charge in [-0.2, -0.15) is 13.2 Å². The Labute approximate surface area is 234 Å². The summed E-state index contributed by atoms with van der Waals surface area (Å²) in [7, 11) is 0. The Morgan fingerprint density at radius 2 is 1.93 bits per heavy atom. The van der Waals surface area contributed by atoms with E-state index in [1.54, 1.807) is 24.4 Å². The number of fused-ring (bicyclic) bond motifs is 2. The number of benzene rings is 1. The fraction of sp³-hybridized carbons (Fsp3) is 0.360. The molecule has 0 saturated carbocycles. The van der Waals surface area contributed by atoms with Crippen LogP contribution in [0.2, 0.25) is 0 Å². The molecule has 3 aromatic rings. The van der Waals surface area contributed by atoms with Crippen LogP contribution in [0.1, 0.15) is 57.2 Å². The van der Waals surface area contributed by atoms with Crippen molar-refractivity contribution in [2.45, 2.75) is 57.5 Å². The number of imide groups is 1. The second-order valence-electron chi connectivity index (χ2n) is 9.70. The minimum Gasteiger partial charge on any atom is -0.475 e. The Balaban J connectivity index is 0.000000451. The van der Waals surface area contributed by atoms with E-state index in [4.69, 9.17) is 9.90 Å². The van der Waals surface area contributed by atoms with Gasteiger partial charge >= 0.3 is 12.1 Å². The van der Waals surface area contributed by atoms with E-state index in [9.17, 15) is 32.3 Å². The first-order valence-corrected chi connectivity index (χ1v) is 12.7. The Morgan fingerprint density at radius 3 is 2.64 bits per heavy atom. The summed E-state index contributed by atoms with van der Waals surface area (Å²) in [6.45, 7) is 1.56. The topological polar surface area (TPSA) is 181 Å². The summed E-state index contributed by atoms with van der Waals surface area (Å²) in [6, 6.07) is 4.59. The number of aromatic nitrogens is 5. The molecule has 1 aromatic carbocycles. The highest BCUT2D eigenvalue weighted by Crippen LogP contribution is 2.29. The molecule has 3 aliphatic heterocycles. The zero-order valence-electron chi connectivity index (χ0n) is 21.7. The van der Waals surface area contributed by atoms with Gasteiger partial charge in [-0.25, -0.2) is 14.5 Å². The number of hydrogen-bond donors (Lipinski definition) is 3. The molecule has 17 heteroatoms. The first-order chi connectivity index (χ1) is 19.9. The van der Waals surface area contributed by atoms with Crippen LogP contribution in [0.4, 0.5) is 13.2 Å². The SMILES string of the molecule is O=C(O)C(F)(F)F.O=C1CCC(N2Cc3ccc(-n4cc(C(=O)NCc5cnc6n5CCC6)nn4)cc3C2=O)C(=O)N1. The average Bonchev–Trinajstić information content (AvgIpc) is 3.72. The van der Waals surface area contributed by atoms with Gasteiger partial charge in [0.25, 0.3) is 11.8 Å². The van der Waals surface area contributed by atoms with Gasteiger partial charge in [0.15, 0.2) is 5.69 Å². The van der Waals surface area contributed by atoms with Crippen molar-refractivity contribution in [2.75, 3.05) is 0 Å². The largest absolute Gasteiger partial charge is 0.490 e. The fourth-order valence-corrected chi connectivity index (χ4v) is 4.90. The number of hydrogen-bond acceptors (Lipinski definition) is 8. The van der Waals surface area contributed by atoms with Crippen LogP contribution >= 0.6 is 0 Å². The molecule has 1 saturated heterocycles. The van der Waals surface area contributed by atoms with Gasteiger partial charge in [-0.3, -0.25) is 24.5 Å². The van der Waals surface area contributed by atoms with Crippen molar-refractivity contribution in [2.24, 2.45) is 0 Å². The lowest BCUT2D eigenvalue weighted by atomic mass is 10.0. The van der Waals surface area contributed by atoms with Gasteiger partial charge in [-0.15, -0.1) is 5.10 Å². The molecule has 42 heavy (non-hydrogen) atoms. The molecule has 6 rings (SSSR count). The predicted octanol–water partition coefficient (Wildman–Crippen LogP) is 0.734. The maximum atomic E-state index is 13.0. The average molecular weight is 589 g/mol. The van der Waals surface area contributed by atoms with Crippen molar-refractivity contribution < 1.29 is 42.3 Å². The van der Waals surface area contributed by atoms with Crippen molar-refractivity contribution in [3.05, 3.63) is 58.9 Å². The van der Waals surface area contributed by atoms with E-state index in [2.05, 4.69) is 30.5 Å². The van der Waals surface area contributed by atoms with Gasteiger partial charge in [0.2, 0.25) is 11.8 Å². The first kappa shape index (κ1) is 28.4. The number of imidazole rings is 1. The molecule has 0 bridgehead atoms. The van der Waals surface area contributed by atoms with Crippen molar-refractivity contribution >= 4 is 29.6 Å². The second-order valence-corrected chi connectivity index (χ2v) is 9.70. The van der Waals surface area contributed by atoms with Crippen molar-refractivity contribution in [3.8, 4) is 5.69 Å². The number of piperidine rings is 1. The predicted molar refractivity (Wildman–Crippen MR) is 133 cm³/mol. The monoisotopic (exact) mass is 588 g/mol. The number of carboxylic acid groups (broad SMARTS) is 1. The summed E-state index contributed by atoms with van der Waals surface area (Å²) in [4.78, 5) is 64.1. The van der Waals surface area contributed by atoms with Crippen LogP contribution in [0, 0.1) is 0 Å². The third-order valence-corrected chi connectivity index (χ3v) is 6.98. The number of carboxylic acids is 1. The van der Waals surface area contributed by atoms with Gasteiger partial charge in [-0.05, 0) is 30.5 Å². The normalized spacial score (nSPS) is 17.7. The summed E-state index contributed by atoms with van der Waals surface area (Å²) in [5.41, 5.74) is 2.93. The fourth-order valence-electron chi connectivity index (χ4n) is 4.90. The Hall–Kier alpha value is -5.09. The minimum absolute atomic E-state index is 0.156. The van der Waals surface area contributed by atoms with Gasteiger partial charge in [0, 0.05) is 31.5 Å². The Kier molecular flexibility index (Phi) is 7.49. The zero-order valence-corrected chi connectivity index (χ0v) is 21.7. The van der Waals surface area contributed by atoms with Crippen LogP contribution in [-0.4, -0.2) is 76.4 Å². The molecule has 1 fully saturated rings. The molecular weight excluding hydrogens is 565 g/mol. The van der Waals surface area contributed by atoms with Crippen molar-refractivity contribution in [3.63, 3.8) is 0 Å². The number of halogens is 3. The highest BCUT2D eigenvalue weighted by Gasteiger charge is 2.39. The molecule has 2 aromatic heterocycles. The van der Waals surface area contributed by atoms with Crippen LogP contribution in [0.25, 0.3) is 5.69 Å². The molecule has 5 heterocycles. The van der Waals surface area contributed by atoms with E-state index >= 15 is 0 Å². The third-order valence-electron chi connectivity index (χ3n) is 6.98. The molecule has 14 nitrogen and oxygen atoms in total. The van der Waals surface area contributed by atoms with E-state index in [0.29, 0.717) is 30.8 Å². The van der Waals surface area contributed by atoms with E-state index in [0.717, 1.165) is 36.5 Å². The van der Waals surface area contributed by atoms with Crippen LogP contribution in [0.5, 0.6) is 0 Å². The number of carbonyl (C=O) groups excluding carboxylic acids is 4. The number of nitrogens with one attached hydrogen (secondary N) is 2. The summed E-state index contributed by atoms with van der Waals surface area (Å²) in [5, 5.41) is 20.3. The maximum absolute atomic E-state index is 13.0. The first-order valence-electron chi connectivity index (χ1n) is 12.7. The molecule has 3 N–H and O–H groups in total. The summed E-state index contributed by atoms with van der Waals surface area (Å²) < 4.78 is 35.3. The number of carbonyl (C=O) groups is 5. The Bertz CT molecular complexity index is 1600. The maximum Gasteiger partial charge on any atom is 0.490 e. The van der Waals surface area contributed by atoms with Crippen LogP contribution in [-0.2, 0) is 40.4 Å². The molecule has 0 spiro atoms. The van der Waals surface area contributed by atoms with E-state index in [1.165, 1.54) is 15.8 Å². The lowest BCUT2D eigenvalue weighted by Crippen LogP contribution is -2.52. The number of aryl methyl sites for hydroxylation is 1. The molecule has 1 unspecified atom stereocenters. The quantitative estimate of drug-likeness (QED) is 0.362. The number of rotatable bonds is 5. The summed E-state index contributed by atoms with van der Waals surface area (Å²) >= 11 is 0. The molecule has 0 radical (unpaired) electrons. The number of nitrogens with zero attached hydrogens (tertiary/aromatic N) is 6. The minimum atomic E-state index is -5.08. The zero-order chi connectivity index (χ0) is 30.2. The van der Waals surface area contributed by atoms with Crippen molar-refractivity contribution in [1.29, 1.82) is 0 Å². The third kappa shape index (κ3) is 5.70. The van der Waals surface area contributed by atoms with Gasteiger partial charge in [0.1, 0.15) is 11.9 Å². The number of amides is 4. The van der Waals surface area contributed by atoms with Crippen LogP contribution in [0.3, 0.4) is 0 Å². The van der Waals surface area contributed by atoms with Crippen LogP contribution in [0.15, 0.2) is 30.6 Å². The molecule has 3 aliphatic rings. The summed E-state index contributed by atoms with van der Waals surface area (Å²) in [6.07, 6.45) is 0.736. The van der Waals surface area contributed by atoms with Gasteiger partial charge < -0.3 is 19.9 Å². The van der Waals surface area contributed by atoms with E-state index < -0.39 is 24.1 Å². The molecule has 220 valence electrons. The Morgan fingerprint density at radius 1 is 1.17 bits per heavy atom. The molecule has 0 aliphatic carbocycles. The highest BCUT2D eigenvalue weighted by molar-refractivity contribution is 6.05. The van der Waals surface area contributed by atoms with Crippen LogP contribution < -0.4 is 10.6 Å². The highest BCUT2D eigenvalue weighted by atomic mass is 19.4. The van der Waals surface area contributed by atoms with Gasteiger partial charge in [-0.1, -0.05) is 11.3 Å². The molecule has 1 atom stereocenters. The van der Waals surface area contributed by atoms with E-state index in [1.807, 2.05) is 0 Å².